The summed E-state index contributed by atoms with van der Waals surface area (Å²) in [5, 5.41) is 5.16. The second-order valence-electron chi connectivity index (χ2n) is 9.95. The van der Waals surface area contributed by atoms with E-state index in [0.717, 1.165) is 16.3 Å². The number of benzene rings is 1. The van der Waals surface area contributed by atoms with Gasteiger partial charge < -0.3 is 23.2 Å². The van der Waals surface area contributed by atoms with Gasteiger partial charge in [0.15, 0.2) is 0 Å². The number of amides is 2. The third kappa shape index (κ3) is 11.0. The van der Waals surface area contributed by atoms with Gasteiger partial charge in [-0.3, -0.25) is 14.8 Å². The molecule has 0 fully saturated rings. The molecule has 1 aromatic heterocycles. The van der Waals surface area contributed by atoms with Crippen molar-refractivity contribution in [1.29, 1.82) is 0 Å². The minimum atomic E-state index is -1.74. The van der Waals surface area contributed by atoms with Crippen LogP contribution < -0.4 is 5.48 Å². The number of carbonyl (C=O) groups is 2. The van der Waals surface area contributed by atoms with Crippen molar-refractivity contribution in [3.63, 3.8) is 0 Å². The molecule has 2 amide bonds. The molecule has 0 atom stereocenters. The Morgan fingerprint density at radius 2 is 1.68 bits per heavy atom. The van der Waals surface area contributed by atoms with E-state index in [0.29, 0.717) is 17.8 Å². The third-order valence-corrected chi connectivity index (χ3v) is 5.91. The van der Waals surface area contributed by atoms with Gasteiger partial charge in [-0.25, -0.2) is 9.80 Å². The molecular formula is C25H37N4O7P. The first-order chi connectivity index (χ1) is 17.3. The van der Waals surface area contributed by atoms with Crippen LogP contribution in [0.5, 0.6) is 0 Å². The number of furan rings is 1. The zero-order chi connectivity index (χ0) is 27.6. The summed E-state index contributed by atoms with van der Waals surface area (Å²) < 4.78 is 23.3. The molecule has 0 aliphatic rings. The second-order valence-corrected chi connectivity index (χ2v) is 11.0. The molecule has 204 valence electrons. The largest absolute Gasteiger partial charge is 0.455 e. The first-order valence-electron chi connectivity index (χ1n) is 11.6. The van der Waals surface area contributed by atoms with E-state index in [1.807, 2.05) is 65.8 Å². The van der Waals surface area contributed by atoms with E-state index in [1.54, 1.807) is 12.1 Å². The number of hydrazone groups is 1. The highest BCUT2D eigenvalue weighted by atomic mass is 31.2. The molecule has 0 saturated heterocycles. The monoisotopic (exact) mass is 536 g/mol. The number of rotatable bonds is 12. The average molecular weight is 537 g/mol. The van der Waals surface area contributed by atoms with Crippen LogP contribution in [0.1, 0.15) is 47.3 Å². The van der Waals surface area contributed by atoms with E-state index in [2.05, 4.69) is 10.6 Å². The molecule has 0 radical (unpaired) electrons. The highest BCUT2D eigenvalue weighted by molar-refractivity contribution is 7.41. The summed E-state index contributed by atoms with van der Waals surface area (Å²) in [5.41, 5.74) is 3.40. The minimum absolute atomic E-state index is 0.125. The fourth-order valence-corrected chi connectivity index (χ4v) is 3.98. The molecule has 1 N–H and O–H groups in total. The molecule has 2 aromatic rings. The summed E-state index contributed by atoms with van der Waals surface area (Å²) in [6.07, 6.45) is 1.96. The maximum absolute atomic E-state index is 12.9. The quantitative estimate of drug-likeness (QED) is 0.122. The number of hydrogen-bond acceptors (Lipinski definition) is 9. The van der Waals surface area contributed by atoms with Crippen molar-refractivity contribution in [2.75, 3.05) is 32.9 Å². The molecule has 0 saturated carbocycles. The van der Waals surface area contributed by atoms with Crippen LogP contribution in [0, 0.1) is 0 Å². The molecule has 11 nitrogen and oxygen atoms in total. The zero-order valence-corrected chi connectivity index (χ0v) is 23.6. The minimum Gasteiger partial charge on any atom is -0.455 e. The number of carbonyl (C=O) groups excluding carboxylic acids is 2. The van der Waals surface area contributed by atoms with Gasteiger partial charge in [-0.1, -0.05) is 0 Å². The summed E-state index contributed by atoms with van der Waals surface area (Å²) in [7, 11) is 1.33. The van der Waals surface area contributed by atoms with E-state index in [1.165, 1.54) is 25.3 Å². The number of nitrogens with one attached hydrogen (secondary N) is 1. The topological polar surface area (TPSA) is 115 Å². The Labute approximate surface area is 219 Å². The van der Waals surface area contributed by atoms with Crippen LogP contribution >= 0.6 is 8.60 Å². The lowest BCUT2D eigenvalue weighted by molar-refractivity contribution is -0.108. The van der Waals surface area contributed by atoms with Crippen LogP contribution in [0.15, 0.2) is 45.9 Å². The highest BCUT2D eigenvalue weighted by Gasteiger charge is 2.28. The Kier molecular flexibility index (Phi) is 11.2. The fourth-order valence-electron chi connectivity index (χ4n) is 2.67. The predicted molar refractivity (Wildman–Crippen MR) is 143 cm³/mol. The zero-order valence-electron chi connectivity index (χ0n) is 22.7. The lowest BCUT2D eigenvalue weighted by Crippen LogP contribution is -2.40. The van der Waals surface area contributed by atoms with Crippen LogP contribution in [0.4, 0.5) is 10.5 Å². The van der Waals surface area contributed by atoms with Crippen molar-refractivity contribution in [3.05, 3.63) is 42.2 Å². The number of urea groups is 1. The normalized spacial score (nSPS) is 12.2. The van der Waals surface area contributed by atoms with Crippen molar-refractivity contribution in [2.45, 2.75) is 52.7 Å². The van der Waals surface area contributed by atoms with E-state index < -0.39 is 25.8 Å². The Morgan fingerprint density at radius 1 is 1.05 bits per heavy atom. The van der Waals surface area contributed by atoms with Gasteiger partial charge in [-0.2, -0.15) is 5.10 Å². The predicted octanol–water partition coefficient (Wildman–Crippen LogP) is 5.64. The van der Waals surface area contributed by atoms with E-state index in [9.17, 15) is 9.59 Å². The van der Waals surface area contributed by atoms with E-state index in [-0.39, 0.29) is 13.3 Å². The molecule has 2 rings (SSSR count). The molecule has 0 aliphatic heterocycles. The lowest BCUT2D eigenvalue weighted by atomic mass is 10.1. The van der Waals surface area contributed by atoms with Gasteiger partial charge in [0.1, 0.15) is 31.1 Å². The lowest BCUT2D eigenvalue weighted by Gasteiger charge is -2.31. The molecule has 37 heavy (non-hydrogen) atoms. The van der Waals surface area contributed by atoms with Crippen LogP contribution in [0.25, 0.3) is 11.3 Å². The van der Waals surface area contributed by atoms with E-state index >= 15 is 0 Å². The van der Waals surface area contributed by atoms with Gasteiger partial charge in [0.05, 0.1) is 30.2 Å². The number of hydrogen-bond donors (Lipinski definition) is 1. The Morgan fingerprint density at radius 3 is 2.22 bits per heavy atom. The smallest absolute Gasteiger partial charge is 0.342 e. The van der Waals surface area contributed by atoms with Crippen molar-refractivity contribution >= 4 is 32.8 Å². The van der Waals surface area contributed by atoms with Crippen LogP contribution in [0.2, 0.25) is 0 Å². The number of anilines is 1. The standard InChI is InChI=1S/C25H37N4O7P/c1-24(2,3)35-37(36-25(4,5)6)33-18-28(7)23(31)29(15-16-30)26-17-21-13-14-22(34-21)19-9-11-20(12-10-19)27-32-8/h9-14,16-17,27H,15,18H2,1-8H3/b26-17+. The molecule has 12 heteroatoms. The molecule has 0 aliphatic carbocycles. The number of aldehydes is 1. The third-order valence-electron chi connectivity index (χ3n) is 4.19. The van der Waals surface area contributed by atoms with Gasteiger partial charge >= 0.3 is 14.6 Å². The van der Waals surface area contributed by atoms with Crippen LogP contribution in [-0.4, -0.2) is 67.1 Å². The van der Waals surface area contributed by atoms with E-state index in [4.69, 9.17) is 22.8 Å². The van der Waals surface area contributed by atoms with Crippen molar-refractivity contribution < 1.29 is 32.4 Å². The molecule has 0 bridgehead atoms. The first-order valence-corrected chi connectivity index (χ1v) is 12.7. The Bertz CT molecular complexity index is 1010. The van der Waals surface area contributed by atoms with Gasteiger partial charge in [-0.15, -0.1) is 0 Å². The van der Waals surface area contributed by atoms with Gasteiger partial charge in [-0.05, 0) is 77.9 Å². The summed E-state index contributed by atoms with van der Waals surface area (Å²) >= 11 is 0. The highest BCUT2D eigenvalue weighted by Crippen LogP contribution is 2.47. The summed E-state index contributed by atoms with van der Waals surface area (Å²) in [6, 6.07) is 10.4. The molecule has 0 unspecified atom stereocenters. The van der Waals surface area contributed by atoms with Gasteiger partial charge in [0, 0.05) is 12.6 Å². The van der Waals surface area contributed by atoms with Crippen LogP contribution in [0.3, 0.4) is 0 Å². The molecule has 1 aromatic carbocycles. The van der Waals surface area contributed by atoms with Gasteiger partial charge in [0.25, 0.3) is 0 Å². The summed E-state index contributed by atoms with van der Waals surface area (Å²) in [6.45, 7) is 11.0. The maximum Gasteiger partial charge on any atom is 0.342 e. The van der Waals surface area contributed by atoms with Crippen molar-refractivity contribution in [2.24, 2.45) is 5.10 Å². The maximum atomic E-state index is 12.9. The fraction of sp³-hybridized carbons (Fsp3) is 0.480. The first kappa shape index (κ1) is 30.4. The van der Waals surface area contributed by atoms with Crippen LogP contribution in [-0.2, 0) is 23.2 Å². The SMILES string of the molecule is CONc1ccc(-c2ccc(/C=N/N(CC=O)C(=O)N(C)COP(OC(C)(C)C)OC(C)(C)C)o2)cc1. The summed E-state index contributed by atoms with van der Waals surface area (Å²) in [5.74, 6) is 1.03. The molecular weight excluding hydrogens is 499 g/mol. The second kappa shape index (κ2) is 13.6. The molecule has 1 heterocycles. The Balaban J connectivity index is 2.04. The van der Waals surface area contributed by atoms with Crippen molar-refractivity contribution in [1.82, 2.24) is 9.91 Å². The Hall–Kier alpha value is -2.82. The molecule has 0 spiro atoms. The summed E-state index contributed by atoms with van der Waals surface area (Å²) in [4.78, 5) is 30.3. The van der Waals surface area contributed by atoms with Gasteiger partial charge in [0.2, 0.25) is 0 Å². The van der Waals surface area contributed by atoms with Crippen molar-refractivity contribution in [3.8, 4) is 11.3 Å². The average Bonchev–Trinajstić information content (AvgIpc) is 3.27. The number of nitrogens with zero attached hydrogens (tertiary/aromatic N) is 3.